The van der Waals surface area contributed by atoms with E-state index in [9.17, 15) is 8.42 Å². The van der Waals surface area contributed by atoms with Crippen LogP contribution in [0.2, 0.25) is 0 Å². The van der Waals surface area contributed by atoms with Crippen molar-refractivity contribution in [2.24, 2.45) is 4.99 Å². The zero-order chi connectivity index (χ0) is 15.7. The van der Waals surface area contributed by atoms with E-state index >= 15 is 0 Å². The van der Waals surface area contributed by atoms with E-state index < -0.39 is 9.84 Å². The van der Waals surface area contributed by atoms with Gasteiger partial charge in [0.2, 0.25) is 0 Å². The van der Waals surface area contributed by atoms with Crippen molar-refractivity contribution in [3.05, 3.63) is 16.1 Å². The van der Waals surface area contributed by atoms with Crippen LogP contribution in [0.4, 0.5) is 0 Å². The van der Waals surface area contributed by atoms with Crippen molar-refractivity contribution in [2.75, 3.05) is 38.8 Å². The molecule has 0 radical (unpaired) electrons. The van der Waals surface area contributed by atoms with Crippen molar-refractivity contribution in [2.45, 2.75) is 13.5 Å². The number of aryl methyl sites for hydroxylation is 1. The number of aliphatic imine (C=N–C) groups is 1. The Balaban J connectivity index is 0.00000441. The number of sulfone groups is 1. The van der Waals surface area contributed by atoms with E-state index in [1.165, 1.54) is 11.1 Å². The number of ether oxygens (including phenoxy) is 1. The number of aromatic nitrogens is 1. The maximum absolute atomic E-state index is 10.9. The van der Waals surface area contributed by atoms with Gasteiger partial charge in [0.05, 0.1) is 25.5 Å². The van der Waals surface area contributed by atoms with Gasteiger partial charge >= 0.3 is 0 Å². The third-order valence-electron chi connectivity index (χ3n) is 2.44. The molecule has 1 aromatic heterocycles. The minimum absolute atomic E-state index is 0. The van der Waals surface area contributed by atoms with Crippen LogP contribution >= 0.6 is 35.3 Å². The lowest BCUT2D eigenvalue weighted by molar-refractivity contribution is 0.154. The first-order valence-electron chi connectivity index (χ1n) is 6.52. The molecule has 0 spiro atoms. The minimum atomic E-state index is -2.96. The topological polar surface area (TPSA) is 92.7 Å². The molecule has 0 aromatic carbocycles. The Hall–Kier alpha value is -0.460. The molecule has 10 heteroatoms. The molecule has 0 fully saturated rings. The van der Waals surface area contributed by atoms with Crippen molar-refractivity contribution < 1.29 is 13.2 Å². The minimum Gasteiger partial charge on any atom is -0.379 e. The summed E-state index contributed by atoms with van der Waals surface area (Å²) in [5.41, 5.74) is 0. The molecule has 1 rings (SSSR count). The highest BCUT2D eigenvalue weighted by Gasteiger charge is 2.03. The highest BCUT2D eigenvalue weighted by atomic mass is 127. The number of halogens is 1. The van der Waals surface area contributed by atoms with Crippen molar-refractivity contribution in [3.8, 4) is 0 Å². The summed E-state index contributed by atoms with van der Waals surface area (Å²) in [6.45, 7) is 3.83. The highest BCUT2D eigenvalue weighted by molar-refractivity contribution is 14.0. The summed E-state index contributed by atoms with van der Waals surface area (Å²) < 4.78 is 27.1. The van der Waals surface area contributed by atoms with Gasteiger partial charge in [-0.05, 0) is 6.92 Å². The van der Waals surface area contributed by atoms with Crippen molar-refractivity contribution in [1.29, 1.82) is 0 Å². The summed E-state index contributed by atoms with van der Waals surface area (Å²) >= 11 is 1.64. The maximum atomic E-state index is 10.9. The van der Waals surface area contributed by atoms with Crippen LogP contribution in [0.15, 0.2) is 11.2 Å². The van der Waals surface area contributed by atoms with Gasteiger partial charge in [0.1, 0.15) is 14.8 Å². The van der Waals surface area contributed by atoms with Crippen LogP contribution in [0, 0.1) is 6.92 Å². The van der Waals surface area contributed by atoms with Gasteiger partial charge in [0.15, 0.2) is 5.96 Å². The van der Waals surface area contributed by atoms with E-state index in [4.69, 9.17) is 4.74 Å². The zero-order valence-corrected chi connectivity index (χ0v) is 16.9. The molecule has 0 saturated heterocycles. The SMILES string of the molecule is CN=C(NCCOCCS(C)(=O)=O)NCc1ncc(C)s1.I. The molecule has 1 aromatic rings. The molecule has 0 amide bonds. The molecular weight excluding hydrogens is 439 g/mol. The lowest BCUT2D eigenvalue weighted by atomic mass is 10.6. The Morgan fingerprint density at radius 2 is 2.14 bits per heavy atom. The Morgan fingerprint density at radius 3 is 2.68 bits per heavy atom. The normalized spacial score (nSPS) is 11.9. The van der Waals surface area contributed by atoms with Gasteiger partial charge in [-0.15, -0.1) is 35.3 Å². The first-order chi connectivity index (χ1) is 9.90. The summed E-state index contributed by atoms with van der Waals surface area (Å²) in [5, 5.41) is 7.23. The van der Waals surface area contributed by atoms with Gasteiger partial charge < -0.3 is 15.4 Å². The lowest BCUT2D eigenvalue weighted by Gasteiger charge is -2.11. The monoisotopic (exact) mass is 462 g/mol. The molecule has 0 aliphatic rings. The summed E-state index contributed by atoms with van der Waals surface area (Å²) in [6, 6.07) is 0. The van der Waals surface area contributed by atoms with Crippen LogP contribution in [0.5, 0.6) is 0 Å². The molecule has 0 atom stereocenters. The number of nitrogens with one attached hydrogen (secondary N) is 2. The largest absolute Gasteiger partial charge is 0.379 e. The van der Waals surface area contributed by atoms with Crippen LogP contribution in [0.25, 0.3) is 0 Å². The predicted octanol–water partition coefficient (Wildman–Crippen LogP) is 0.796. The second-order valence-electron chi connectivity index (χ2n) is 4.46. The molecule has 22 heavy (non-hydrogen) atoms. The van der Waals surface area contributed by atoms with E-state index in [0.717, 1.165) is 5.01 Å². The van der Waals surface area contributed by atoms with Gasteiger partial charge in [-0.2, -0.15) is 0 Å². The number of rotatable bonds is 8. The van der Waals surface area contributed by atoms with Crippen LogP contribution in [0.3, 0.4) is 0 Å². The Morgan fingerprint density at radius 1 is 1.41 bits per heavy atom. The fraction of sp³-hybridized carbons (Fsp3) is 0.667. The number of thiazole rings is 1. The summed E-state index contributed by atoms with van der Waals surface area (Å²) in [7, 11) is -1.27. The lowest BCUT2D eigenvalue weighted by Crippen LogP contribution is -2.38. The second kappa shape index (κ2) is 11.1. The number of hydrogen-bond donors (Lipinski definition) is 2. The summed E-state index contributed by atoms with van der Waals surface area (Å²) in [4.78, 5) is 9.52. The standard InChI is InChI=1S/C12H22N4O3S2.HI/c1-10-8-15-11(20-10)9-16-12(13-2)14-4-5-19-6-7-21(3,17)18;/h8H,4-7,9H2,1-3H3,(H2,13,14,16);1H. The van der Waals surface area contributed by atoms with Gasteiger partial charge in [0, 0.05) is 30.9 Å². The van der Waals surface area contributed by atoms with Gasteiger partial charge in [-0.3, -0.25) is 4.99 Å². The van der Waals surface area contributed by atoms with Crippen LogP contribution in [0.1, 0.15) is 9.88 Å². The van der Waals surface area contributed by atoms with E-state index in [1.807, 2.05) is 13.1 Å². The first-order valence-corrected chi connectivity index (χ1v) is 9.39. The first kappa shape index (κ1) is 21.5. The maximum Gasteiger partial charge on any atom is 0.191 e. The Kier molecular flexibility index (Phi) is 10.9. The van der Waals surface area contributed by atoms with Crippen molar-refractivity contribution >= 4 is 51.1 Å². The molecule has 0 aliphatic carbocycles. The van der Waals surface area contributed by atoms with Crippen LogP contribution < -0.4 is 10.6 Å². The molecule has 2 N–H and O–H groups in total. The summed E-state index contributed by atoms with van der Waals surface area (Å²) in [6.07, 6.45) is 3.04. The molecule has 7 nitrogen and oxygen atoms in total. The summed E-state index contributed by atoms with van der Waals surface area (Å²) in [5.74, 6) is 0.707. The molecule has 0 unspecified atom stereocenters. The molecule has 128 valence electrons. The molecule has 0 saturated carbocycles. The predicted molar refractivity (Wildman–Crippen MR) is 101 cm³/mol. The molecule has 0 bridgehead atoms. The van der Waals surface area contributed by atoms with E-state index in [-0.39, 0.29) is 36.3 Å². The van der Waals surface area contributed by atoms with Gasteiger partial charge in [-0.25, -0.2) is 13.4 Å². The number of hydrogen-bond acceptors (Lipinski definition) is 6. The zero-order valence-electron chi connectivity index (χ0n) is 13.0. The molecule has 1 heterocycles. The fourth-order valence-electron chi connectivity index (χ4n) is 1.42. The van der Waals surface area contributed by atoms with Crippen molar-refractivity contribution in [3.63, 3.8) is 0 Å². The molecule has 0 aliphatic heterocycles. The van der Waals surface area contributed by atoms with Crippen LogP contribution in [-0.2, 0) is 21.1 Å². The van der Waals surface area contributed by atoms with Crippen molar-refractivity contribution in [1.82, 2.24) is 15.6 Å². The Labute approximate surface area is 152 Å². The fourth-order valence-corrected chi connectivity index (χ4v) is 2.56. The number of guanidine groups is 1. The van der Waals surface area contributed by atoms with E-state index in [2.05, 4.69) is 20.6 Å². The quantitative estimate of drug-likeness (QED) is 0.257. The average molecular weight is 462 g/mol. The smallest absolute Gasteiger partial charge is 0.191 e. The average Bonchev–Trinajstić information content (AvgIpc) is 2.81. The van der Waals surface area contributed by atoms with Crippen LogP contribution in [-0.4, -0.2) is 58.2 Å². The third kappa shape index (κ3) is 10.3. The van der Waals surface area contributed by atoms with E-state index in [0.29, 0.717) is 25.7 Å². The second-order valence-corrected chi connectivity index (χ2v) is 8.04. The Bertz CT molecular complexity index is 560. The highest BCUT2D eigenvalue weighted by Crippen LogP contribution is 2.10. The molecular formula is C12H23IN4O3S2. The third-order valence-corrected chi connectivity index (χ3v) is 4.26. The number of nitrogens with zero attached hydrogens (tertiary/aromatic N) is 2. The van der Waals surface area contributed by atoms with E-state index in [1.54, 1.807) is 18.4 Å². The van der Waals surface area contributed by atoms with Gasteiger partial charge in [-0.1, -0.05) is 0 Å². The van der Waals surface area contributed by atoms with Gasteiger partial charge in [0.25, 0.3) is 0 Å².